The number of hydrogen-bond donors (Lipinski definition) is 0. The summed E-state index contributed by atoms with van der Waals surface area (Å²) >= 11 is 0. The molecule has 1 heterocycles. The van der Waals surface area contributed by atoms with Gasteiger partial charge in [0.2, 0.25) is 0 Å². The van der Waals surface area contributed by atoms with Gasteiger partial charge in [-0.15, -0.1) is 0 Å². The van der Waals surface area contributed by atoms with Crippen molar-refractivity contribution in [3.63, 3.8) is 0 Å². The lowest BCUT2D eigenvalue weighted by atomic mass is 10.0. The molecule has 1 fully saturated rings. The van der Waals surface area contributed by atoms with Gasteiger partial charge in [0.15, 0.2) is 5.78 Å². The molecule has 1 atom stereocenters. The van der Waals surface area contributed by atoms with Gasteiger partial charge >= 0.3 is 6.09 Å². The quantitative estimate of drug-likeness (QED) is 0.711. The molecule has 1 amide bonds. The van der Waals surface area contributed by atoms with Crippen LogP contribution in [0.1, 0.15) is 47.0 Å². The Morgan fingerprint density at radius 1 is 1.28 bits per heavy atom. The van der Waals surface area contributed by atoms with E-state index in [0.29, 0.717) is 6.54 Å². The zero-order valence-electron chi connectivity index (χ0n) is 11.7. The van der Waals surface area contributed by atoms with Crippen molar-refractivity contribution >= 4 is 11.9 Å². The predicted octanol–water partition coefficient (Wildman–Crippen LogP) is 2.92. The first-order valence-electron chi connectivity index (χ1n) is 6.48. The third-order valence-corrected chi connectivity index (χ3v) is 2.73. The van der Waals surface area contributed by atoms with Crippen molar-refractivity contribution in [1.29, 1.82) is 0 Å². The number of amides is 1. The zero-order chi connectivity index (χ0) is 13.8. The van der Waals surface area contributed by atoms with Gasteiger partial charge < -0.3 is 9.64 Å². The van der Waals surface area contributed by atoms with Crippen molar-refractivity contribution in [1.82, 2.24) is 4.90 Å². The summed E-state index contributed by atoms with van der Waals surface area (Å²) < 4.78 is 5.38. The molecule has 0 saturated carbocycles. The maximum Gasteiger partial charge on any atom is 0.410 e. The fraction of sp³-hybridized carbons (Fsp3) is 0.714. The summed E-state index contributed by atoms with van der Waals surface area (Å²) in [5, 5.41) is 0. The first-order chi connectivity index (χ1) is 8.29. The van der Waals surface area contributed by atoms with E-state index in [1.807, 2.05) is 26.8 Å². The molecule has 4 heteroatoms. The average molecular weight is 253 g/mol. The summed E-state index contributed by atoms with van der Waals surface area (Å²) in [6.45, 7) is 7.78. The Labute approximate surface area is 109 Å². The van der Waals surface area contributed by atoms with Crippen molar-refractivity contribution in [3.05, 3.63) is 12.2 Å². The second-order valence-corrected chi connectivity index (χ2v) is 5.71. The standard InChI is InChI=1S/C14H23NO3/c1-11(16)8-9-12-7-5-6-10-15(12)13(17)18-14(2,3)4/h8-9,12H,5-7,10H2,1-4H3/b9-8+. The summed E-state index contributed by atoms with van der Waals surface area (Å²) in [5.41, 5.74) is -0.483. The minimum absolute atomic E-state index is 0.00436. The molecule has 0 aromatic rings. The summed E-state index contributed by atoms with van der Waals surface area (Å²) in [5.74, 6) is 0.00436. The molecule has 1 unspecified atom stereocenters. The highest BCUT2D eigenvalue weighted by Crippen LogP contribution is 2.21. The molecular formula is C14H23NO3. The molecule has 0 radical (unpaired) electrons. The van der Waals surface area contributed by atoms with Gasteiger partial charge in [-0.05, 0) is 53.0 Å². The van der Waals surface area contributed by atoms with E-state index in [1.54, 1.807) is 4.90 Å². The molecule has 0 aromatic carbocycles. The predicted molar refractivity (Wildman–Crippen MR) is 70.4 cm³/mol. The van der Waals surface area contributed by atoms with Gasteiger partial charge in [-0.3, -0.25) is 4.79 Å². The number of likely N-dealkylation sites (tertiary alicyclic amines) is 1. The van der Waals surface area contributed by atoms with Crippen molar-refractivity contribution in [3.8, 4) is 0 Å². The maximum absolute atomic E-state index is 12.1. The number of ether oxygens (including phenoxy) is 1. The molecule has 0 N–H and O–H groups in total. The molecule has 1 aliphatic heterocycles. The van der Waals surface area contributed by atoms with Crippen LogP contribution in [0.5, 0.6) is 0 Å². The highest BCUT2D eigenvalue weighted by Gasteiger charge is 2.28. The van der Waals surface area contributed by atoms with E-state index < -0.39 is 5.60 Å². The lowest BCUT2D eigenvalue weighted by Gasteiger charge is -2.35. The van der Waals surface area contributed by atoms with Crippen molar-refractivity contribution in [2.24, 2.45) is 0 Å². The molecular weight excluding hydrogens is 230 g/mol. The topological polar surface area (TPSA) is 46.6 Å². The van der Waals surface area contributed by atoms with Crippen LogP contribution < -0.4 is 0 Å². The van der Waals surface area contributed by atoms with Gasteiger partial charge in [0.25, 0.3) is 0 Å². The van der Waals surface area contributed by atoms with Crippen LogP contribution in [-0.2, 0) is 9.53 Å². The fourth-order valence-electron chi connectivity index (χ4n) is 1.95. The van der Waals surface area contributed by atoms with Gasteiger partial charge in [0.1, 0.15) is 5.60 Å². The Morgan fingerprint density at radius 2 is 1.94 bits per heavy atom. The molecule has 1 rings (SSSR count). The van der Waals surface area contributed by atoms with Crippen LogP contribution >= 0.6 is 0 Å². The minimum Gasteiger partial charge on any atom is -0.444 e. The Bertz CT molecular complexity index is 341. The number of ketones is 1. The molecule has 0 aromatic heterocycles. The number of carbonyl (C=O) groups is 2. The Balaban J connectivity index is 2.70. The lowest BCUT2D eigenvalue weighted by molar-refractivity contribution is -0.112. The van der Waals surface area contributed by atoms with Gasteiger partial charge in [-0.2, -0.15) is 0 Å². The smallest absolute Gasteiger partial charge is 0.410 e. The van der Waals surface area contributed by atoms with Crippen LogP contribution in [0.4, 0.5) is 4.79 Å². The summed E-state index contributed by atoms with van der Waals surface area (Å²) in [4.78, 5) is 24.7. The summed E-state index contributed by atoms with van der Waals surface area (Å²) in [6, 6.07) is -0.0162. The van der Waals surface area contributed by atoms with Crippen LogP contribution in [-0.4, -0.2) is 35.0 Å². The molecule has 18 heavy (non-hydrogen) atoms. The number of carbonyl (C=O) groups excluding carboxylic acids is 2. The van der Waals surface area contributed by atoms with Gasteiger partial charge in [0.05, 0.1) is 6.04 Å². The van der Waals surface area contributed by atoms with E-state index >= 15 is 0 Å². The normalized spacial score (nSPS) is 21.1. The first-order valence-corrected chi connectivity index (χ1v) is 6.48. The van der Waals surface area contributed by atoms with Crippen LogP contribution in [0, 0.1) is 0 Å². The zero-order valence-corrected chi connectivity index (χ0v) is 11.7. The van der Waals surface area contributed by atoms with E-state index in [2.05, 4.69) is 0 Å². The van der Waals surface area contributed by atoms with Crippen LogP contribution in [0.25, 0.3) is 0 Å². The summed E-state index contributed by atoms with van der Waals surface area (Å²) in [7, 11) is 0. The highest BCUT2D eigenvalue weighted by atomic mass is 16.6. The molecule has 1 saturated heterocycles. The highest BCUT2D eigenvalue weighted by molar-refractivity contribution is 5.87. The van der Waals surface area contributed by atoms with Crippen LogP contribution in [0.15, 0.2) is 12.2 Å². The van der Waals surface area contributed by atoms with Crippen LogP contribution in [0.3, 0.4) is 0 Å². The Morgan fingerprint density at radius 3 is 2.50 bits per heavy atom. The number of allylic oxidation sites excluding steroid dienone is 1. The van der Waals surface area contributed by atoms with Gasteiger partial charge in [-0.25, -0.2) is 4.79 Å². The SMILES string of the molecule is CC(=O)/C=C/C1CCCCN1C(=O)OC(C)(C)C. The van der Waals surface area contributed by atoms with Crippen molar-refractivity contribution < 1.29 is 14.3 Å². The molecule has 4 nitrogen and oxygen atoms in total. The molecule has 1 aliphatic rings. The average Bonchev–Trinajstić information content (AvgIpc) is 2.24. The number of hydrogen-bond acceptors (Lipinski definition) is 3. The molecule has 102 valence electrons. The molecule has 0 aliphatic carbocycles. The van der Waals surface area contributed by atoms with Gasteiger partial charge in [0, 0.05) is 6.54 Å². The number of nitrogens with zero attached hydrogens (tertiary/aromatic N) is 1. The third kappa shape index (κ3) is 4.90. The minimum atomic E-state index is -0.483. The van der Waals surface area contributed by atoms with Gasteiger partial charge in [-0.1, -0.05) is 6.08 Å². The van der Waals surface area contributed by atoms with E-state index in [-0.39, 0.29) is 17.9 Å². The number of piperidine rings is 1. The third-order valence-electron chi connectivity index (χ3n) is 2.73. The van der Waals surface area contributed by atoms with Crippen LogP contribution in [0.2, 0.25) is 0 Å². The summed E-state index contributed by atoms with van der Waals surface area (Å²) in [6.07, 6.45) is 6.01. The first kappa shape index (κ1) is 14.7. The lowest BCUT2D eigenvalue weighted by Crippen LogP contribution is -2.45. The second-order valence-electron chi connectivity index (χ2n) is 5.71. The van der Waals surface area contributed by atoms with Crippen molar-refractivity contribution in [2.45, 2.75) is 58.6 Å². The second kappa shape index (κ2) is 6.03. The van der Waals surface area contributed by atoms with E-state index in [9.17, 15) is 9.59 Å². The number of rotatable bonds is 2. The largest absolute Gasteiger partial charge is 0.444 e. The van der Waals surface area contributed by atoms with Crippen molar-refractivity contribution in [2.75, 3.05) is 6.54 Å². The van der Waals surface area contributed by atoms with E-state index in [4.69, 9.17) is 4.74 Å². The monoisotopic (exact) mass is 253 g/mol. The van der Waals surface area contributed by atoms with E-state index in [0.717, 1.165) is 19.3 Å². The maximum atomic E-state index is 12.1. The van der Waals surface area contributed by atoms with E-state index in [1.165, 1.54) is 13.0 Å². The Hall–Kier alpha value is -1.32. The fourth-order valence-corrected chi connectivity index (χ4v) is 1.95. The molecule has 0 spiro atoms. The Kier molecular flexibility index (Phi) is 4.93. The molecule has 0 bridgehead atoms.